The standard InChI is InChI=1S/C7H10N2O3/c8-1-5-4(3-10)2-9-7(12)6(5)11/h2,10-11H,1,3,8H2,(H,9,12). The van der Waals surface area contributed by atoms with E-state index in [-0.39, 0.29) is 13.2 Å². The van der Waals surface area contributed by atoms with Crippen molar-refractivity contribution in [2.45, 2.75) is 13.2 Å². The van der Waals surface area contributed by atoms with Crippen LogP contribution in [-0.4, -0.2) is 15.2 Å². The molecule has 0 fully saturated rings. The molecule has 0 amide bonds. The molecule has 0 aliphatic heterocycles. The van der Waals surface area contributed by atoms with E-state index in [2.05, 4.69) is 4.98 Å². The number of nitrogens with one attached hydrogen (secondary N) is 1. The summed E-state index contributed by atoms with van der Waals surface area (Å²) in [5.41, 5.74) is 5.41. The van der Waals surface area contributed by atoms with Crippen LogP contribution in [0, 0.1) is 0 Å². The number of aliphatic hydroxyl groups excluding tert-OH is 1. The van der Waals surface area contributed by atoms with Crippen LogP contribution in [0.5, 0.6) is 5.75 Å². The van der Waals surface area contributed by atoms with Gasteiger partial charge in [-0.3, -0.25) is 4.79 Å². The molecule has 5 N–H and O–H groups in total. The van der Waals surface area contributed by atoms with Gasteiger partial charge in [0.2, 0.25) is 0 Å². The zero-order valence-electron chi connectivity index (χ0n) is 6.37. The molecule has 1 aromatic heterocycles. The van der Waals surface area contributed by atoms with Crippen LogP contribution in [-0.2, 0) is 13.2 Å². The third kappa shape index (κ3) is 1.32. The lowest BCUT2D eigenvalue weighted by atomic mass is 10.1. The number of hydrogen-bond acceptors (Lipinski definition) is 4. The highest BCUT2D eigenvalue weighted by Crippen LogP contribution is 2.14. The van der Waals surface area contributed by atoms with Gasteiger partial charge in [0.25, 0.3) is 5.56 Å². The van der Waals surface area contributed by atoms with Gasteiger partial charge in [0.15, 0.2) is 5.75 Å². The Morgan fingerprint density at radius 3 is 2.75 bits per heavy atom. The fraction of sp³-hybridized carbons (Fsp3) is 0.286. The summed E-state index contributed by atoms with van der Waals surface area (Å²) in [5.74, 6) is -0.413. The van der Waals surface area contributed by atoms with E-state index in [0.29, 0.717) is 11.1 Å². The summed E-state index contributed by atoms with van der Waals surface area (Å²) in [6.45, 7) is -0.220. The SMILES string of the molecule is NCc1c(CO)c[nH]c(=O)c1O. The monoisotopic (exact) mass is 170 g/mol. The van der Waals surface area contributed by atoms with E-state index in [0.717, 1.165) is 0 Å². The minimum atomic E-state index is -0.590. The second kappa shape index (κ2) is 3.38. The van der Waals surface area contributed by atoms with Crippen LogP contribution in [0.2, 0.25) is 0 Å². The van der Waals surface area contributed by atoms with Gasteiger partial charge in [0, 0.05) is 23.9 Å². The highest BCUT2D eigenvalue weighted by molar-refractivity contribution is 5.35. The van der Waals surface area contributed by atoms with Gasteiger partial charge in [0.05, 0.1) is 6.61 Å². The van der Waals surface area contributed by atoms with Crippen molar-refractivity contribution in [3.05, 3.63) is 27.7 Å². The molecule has 0 saturated heterocycles. The van der Waals surface area contributed by atoms with Crippen molar-refractivity contribution in [3.63, 3.8) is 0 Å². The third-order valence-electron chi connectivity index (χ3n) is 1.64. The van der Waals surface area contributed by atoms with Gasteiger partial charge >= 0.3 is 0 Å². The van der Waals surface area contributed by atoms with E-state index in [4.69, 9.17) is 10.8 Å². The molecule has 0 bridgehead atoms. The first-order valence-corrected chi connectivity index (χ1v) is 3.44. The van der Waals surface area contributed by atoms with E-state index >= 15 is 0 Å². The maximum absolute atomic E-state index is 10.8. The molecule has 0 aliphatic rings. The van der Waals surface area contributed by atoms with Gasteiger partial charge < -0.3 is 20.9 Å². The summed E-state index contributed by atoms with van der Waals surface area (Å²) in [7, 11) is 0. The zero-order chi connectivity index (χ0) is 9.14. The summed E-state index contributed by atoms with van der Waals surface area (Å²) in [6.07, 6.45) is 1.34. The third-order valence-corrected chi connectivity index (χ3v) is 1.64. The Bertz CT molecular complexity index is 332. The Balaban J connectivity index is 3.35. The van der Waals surface area contributed by atoms with Crippen molar-refractivity contribution in [1.29, 1.82) is 0 Å². The molecule has 0 saturated carbocycles. The molecule has 5 heteroatoms. The van der Waals surface area contributed by atoms with Crippen molar-refractivity contribution in [2.24, 2.45) is 5.73 Å². The van der Waals surface area contributed by atoms with Crippen LogP contribution in [0.4, 0.5) is 0 Å². The fourth-order valence-electron chi connectivity index (χ4n) is 0.966. The van der Waals surface area contributed by atoms with Gasteiger partial charge in [-0.15, -0.1) is 0 Å². The smallest absolute Gasteiger partial charge is 0.290 e. The lowest BCUT2D eigenvalue weighted by Gasteiger charge is -2.04. The Kier molecular flexibility index (Phi) is 2.47. The molecule has 0 aromatic carbocycles. The average molecular weight is 170 g/mol. The van der Waals surface area contributed by atoms with Gasteiger partial charge in [-0.2, -0.15) is 0 Å². The average Bonchev–Trinajstić information content (AvgIpc) is 2.09. The molecule has 5 nitrogen and oxygen atoms in total. The van der Waals surface area contributed by atoms with E-state index in [1.807, 2.05) is 0 Å². The predicted molar refractivity (Wildman–Crippen MR) is 42.5 cm³/mol. The summed E-state index contributed by atoms with van der Waals surface area (Å²) >= 11 is 0. The number of aromatic nitrogens is 1. The Labute approximate surface area is 68.5 Å². The molecule has 0 radical (unpaired) electrons. The van der Waals surface area contributed by atoms with Crippen molar-refractivity contribution in [2.75, 3.05) is 0 Å². The van der Waals surface area contributed by atoms with E-state index in [9.17, 15) is 9.90 Å². The molecule has 0 unspecified atom stereocenters. The maximum Gasteiger partial charge on any atom is 0.290 e. The van der Waals surface area contributed by atoms with Crippen molar-refractivity contribution in [1.82, 2.24) is 4.98 Å². The second-order valence-corrected chi connectivity index (χ2v) is 2.33. The summed E-state index contributed by atoms with van der Waals surface area (Å²) in [4.78, 5) is 13.1. The molecule has 0 aliphatic carbocycles. The Morgan fingerprint density at radius 1 is 1.58 bits per heavy atom. The number of nitrogens with two attached hydrogens (primary N) is 1. The predicted octanol–water partition coefficient (Wildman–Crippen LogP) is -0.968. The normalized spacial score (nSPS) is 10.2. The first-order valence-electron chi connectivity index (χ1n) is 3.44. The van der Waals surface area contributed by atoms with Gasteiger partial charge in [-0.05, 0) is 0 Å². The van der Waals surface area contributed by atoms with Crippen LogP contribution >= 0.6 is 0 Å². The summed E-state index contributed by atoms with van der Waals surface area (Å²) in [6, 6.07) is 0. The van der Waals surface area contributed by atoms with Crippen LogP contribution in [0.3, 0.4) is 0 Å². The molecule has 1 aromatic rings. The molecular formula is C7H10N2O3. The number of aliphatic hydroxyl groups is 1. The maximum atomic E-state index is 10.8. The van der Waals surface area contributed by atoms with Crippen LogP contribution in [0.1, 0.15) is 11.1 Å². The van der Waals surface area contributed by atoms with Crippen LogP contribution < -0.4 is 11.3 Å². The minimum absolute atomic E-state index is 0.0334. The number of pyridine rings is 1. The van der Waals surface area contributed by atoms with E-state index in [1.165, 1.54) is 6.20 Å². The highest BCUT2D eigenvalue weighted by atomic mass is 16.3. The number of rotatable bonds is 2. The summed E-state index contributed by atoms with van der Waals surface area (Å²) < 4.78 is 0. The van der Waals surface area contributed by atoms with Crippen molar-refractivity contribution in [3.8, 4) is 5.75 Å². The van der Waals surface area contributed by atoms with Crippen molar-refractivity contribution >= 4 is 0 Å². The topological polar surface area (TPSA) is 99.3 Å². The lowest BCUT2D eigenvalue weighted by molar-refractivity contribution is 0.279. The molecular weight excluding hydrogens is 160 g/mol. The largest absolute Gasteiger partial charge is 0.503 e. The molecule has 12 heavy (non-hydrogen) atoms. The minimum Gasteiger partial charge on any atom is -0.503 e. The summed E-state index contributed by atoms with van der Waals surface area (Å²) in [5, 5.41) is 18.0. The highest BCUT2D eigenvalue weighted by Gasteiger charge is 2.08. The van der Waals surface area contributed by atoms with Gasteiger partial charge in [-0.1, -0.05) is 0 Å². The van der Waals surface area contributed by atoms with Gasteiger partial charge in [0.1, 0.15) is 0 Å². The zero-order valence-corrected chi connectivity index (χ0v) is 6.37. The number of hydrogen-bond donors (Lipinski definition) is 4. The molecule has 1 rings (SSSR count). The van der Waals surface area contributed by atoms with Gasteiger partial charge in [-0.25, -0.2) is 0 Å². The number of aromatic hydroxyl groups is 1. The second-order valence-electron chi connectivity index (χ2n) is 2.33. The first kappa shape index (κ1) is 8.76. The van der Waals surface area contributed by atoms with E-state index in [1.54, 1.807) is 0 Å². The molecule has 0 spiro atoms. The Morgan fingerprint density at radius 2 is 2.25 bits per heavy atom. The molecule has 1 heterocycles. The quantitative estimate of drug-likeness (QED) is 0.459. The van der Waals surface area contributed by atoms with Crippen LogP contribution in [0.15, 0.2) is 11.0 Å². The molecule has 0 atom stereocenters. The molecule has 66 valence electrons. The van der Waals surface area contributed by atoms with E-state index < -0.39 is 11.3 Å². The van der Waals surface area contributed by atoms with Crippen molar-refractivity contribution < 1.29 is 10.2 Å². The lowest BCUT2D eigenvalue weighted by Crippen LogP contribution is -2.12. The number of H-pyrrole nitrogens is 1. The Hall–Kier alpha value is -1.33. The fourth-order valence-corrected chi connectivity index (χ4v) is 0.966. The van der Waals surface area contributed by atoms with Crippen LogP contribution in [0.25, 0.3) is 0 Å². The number of aromatic amines is 1. The first-order chi connectivity index (χ1) is 5.70.